The van der Waals surface area contributed by atoms with Crippen LogP contribution in [0.2, 0.25) is 5.02 Å². The maximum atomic E-state index is 11.8. The van der Waals surface area contributed by atoms with Gasteiger partial charge in [-0.2, -0.15) is 18.2 Å². The standard InChI is InChI=1S/C14H13ClN2O3S/c15-10-2-1-3-11(8-10)17-14-12(6-7-21(18,19)20-14)13(16-17)9-4-5-9/h1-3,8-9H,4-7H2. The molecule has 1 aliphatic heterocycles. The summed E-state index contributed by atoms with van der Waals surface area (Å²) in [7, 11) is -3.52. The van der Waals surface area contributed by atoms with Gasteiger partial charge in [-0.1, -0.05) is 17.7 Å². The first-order chi connectivity index (χ1) is 10.0. The van der Waals surface area contributed by atoms with Crippen LogP contribution in [0.4, 0.5) is 0 Å². The molecule has 4 rings (SSSR count). The van der Waals surface area contributed by atoms with E-state index in [1.807, 2.05) is 6.07 Å². The number of hydrogen-bond acceptors (Lipinski definition) is 4. The smallest absolute Gasteiger partial charge is 0.311 e. The Hall–Kier alpha value is -1.53. The first-order valence-corrected chi connectivity index (χ1v) is 8.79. The monoisotopic (exact) mass is 324 g/mol. The summed E-state index contributed by atoms with van der Waals surface area (Å²) in [4.78, 5) is 0. The van der Waals surface area contributed by atoms with Crippen molar-refractivity contribution in [3.8, 4) is 11.6 Å². The van der Waals surface area contributed by atoms with Crippen LogP contribution in [0.25, 0.3) is 5.69 Å². The molecule has 0 atom stereocenters. The molecule has 0 saturated heterocycles. The molecule has 21 heavy (non-hydrogen) atoms. The Balaban J connectivity index is 1.91. The molecular weight excluding hydrogens is 312 g/mol. The van der Waals surface area contributed by atoms with Crippen molar-refractivity contribution >= 4 is 21.7 Å². The van der Waals surface area contributed by atoms with Gasteiger partial charge in [-0.25, -0.2) is 0 Å². The Morgan fingerprint density at radius 3 is 2.86 bits per heavy atom. The van der Waals surface area contributed by atoms with Gasteiger partial charge in [-0.3, -0.25) is 0 Å². The van der Waals surface area contributed by atoms with E-state index >= 15 is 0 Å². The number of fused-ring (bicyclic) bond motifs is 1. The predicted octanol–water partition coefficient (Wildman–Crippen LogP) is 2.67. The molecule has 2 heterocycles. The highest BCUT2D eigenvalue weighted by atomic mass is 35.5. The van der Waals surface area contributed by atoms with Gasteiger partial charge in [0.25, 0.3) is 0 Å². The molecule has 110 valence electrons. The van der Waals surface area contributed by atoms with Crippen molar-refractivity contribution in [2.45, 2.75) is 25.2 Å². The van der Waals surface area contributed by atoms with Gasteiger partial charge in [0.05, 0.1) is 17.1 Å². The summed E-state index contributed by atoms with van der Waals surface area (Å²) in [6.07, 6.45) is 2.67. The highest BCUT2D eigenvalue weighted by Gasteiger charge is 2.36. The molecule has 1 saturated carbocycles. The molecule has 0 radical (unpaired) electrons. The largest absolute Gasteiger partial charge is 0.361 e. The lowest BCUT2D eigenvalue weighted by atomic mass is 10.1. The lowest BCUT2D eigenvalue weighted by Crippen LogP contribution is -2.22. The molecule has 2 aromatic rings. The third-order valence-corrected chi connectivity index (χ3v) is 5.14. The first kappa shape index (κ1) is 13.2. The van der Waals surface area contributed by atoms with Gasteiger partial charge in [-0.15, -0.1) is 0 Å². The topological polar surface area (TPSA) is 61.2 Å². The zero-order valence-electron chi connectivity index (χ0n) is 11.1. The zero-order chi connectivity index (χ0) is 14.6. The Bertz CT molecular complexity index is 825. The van der Waals surface area contributed by atoms with Crippen molar-refractivity contribution in [3.05, 3.63) is 40.5 Å². The number of benzene rings is 1. The van der Waals surface area contributed by atoms with E-state index in [2.05, 4.69) is 5.10 Å². The fourth-order valence-electron chi connectivity index (χ4n) is 2.63. The van der Waals surface area contributed by atoms with E-state index in [0.29, 0.717) is 28.9 Å². The van der Waals surface area contributed by atoms with E-state index in [1.165, 1.54) is 0 Å². The van der Waals surface area contributed by atoms with Crippen LogP contribution in [0.1, 0.15) is 30.0 Å². The van der Waals surface area contributed by atoms with Crippen molar-refractivity contribution in [2.24, 2.45) is 0 Å². The summed E-state index contributed by atoms with van der Waals surface area (Å²) in [5.41, 5.74) is 2.61. The summed E-state index contributed by atoms with van der Waals surface area (Å²) in [6.45, 7) is 0. The lowest BCUT2D eigenvalue weighted by molar-refractivity contribution is 0.452. The minimum atomic E-state index is -3.52. The van der Waals surface area contributed by atoms with Crippen LogP contribution in [0.5, 0.6) is 5.88 Å². The molecular formula is C14H13ClN2O3S. The molecule has 1 aromatic heterocycles. The summed E-state index contributed by atoms with van der Waals surface area (Å²) >= 11 is 6.02. The van der Waals surface area contributed by atoms with Crippen LogP contribution >= 0.6 is 11.6 Å². The number of nitrogens with zero attached hydrogens (tertiary/aromatic N) is 2. The van der Waals surface area contributed by atoms with Crippen molar-refractivity contribution in [3.63, 3.8) is 0 Å². The highest BCUT2D eigenvalue weighted by Crippen LogP contribution is 2.45. The van der Waals surface area contributed by atoms with Crippen LogP contribution in [0, 0.1) is 0 Å². The fraction of sp³-hybridized carbons (Fsp3) is 0.357. The van der Waals surface area contributed by atoms with E-state index in [0.717, 1.165) is 24.1 Å². The normalized spacial score (nSPS) is 19.9. The Morgan fingerprint density at radius 1 is 1.33 bits per heavy atom. The number of hydrogen-bond donors (Lipinski definition) is 0. The van der Waals surface area contributed by atoms with Gasteiger partial charge < -0.3 is 4.18 Å². The van der Waals surface area contributed by atoms with Crippen molar-refractivity contribution < 1.29 is 12.6 Å². The molecule has 1 aromatic carbocycles. The average Bonchev–Trinajstić information content (AvgIpc) is 3.20. The third-order valence-electron chi connectivity index (χ3n) is 3.79. The quantitative estimate of drug-likeness (QED) is 0.797. The molecule has 0 N–H and O–H groups in total. The highest BCUT2D eigenvalue weighted by molar-refractivity contribution is 7.87. The minimum Gasteiger partial charge on any atom is -0.361 e. The summed E-state index contributed by atoms with van der Waals surface area (Å²) < 4.78 is 30.3. The van der Waals surface area contributed by atoms with Crippen LogP contribution < -0.4 is 4.18 Å². The van der Waals surface area contributed by atoms with Gasteiger partial charge in [0, 0.05) is 16.5 Å². The average molecular weight is 325 g/mol. The second-order valence-electron chi connectivity index (χ2n) is 5.43. The van der Waals surface area contributed by atoms with Crippen molar-refractivity contribution in [2.75, 3.05) is 5.75 Å². The maximum absolute atomic E-state index is 11.8. The first-order valence-electron chi connectivity index (χ1n) is 6.83. The molecule has 0 unspecified atom stereocenters. The van der Waals surface area contributed by atoms with Gasteiger partial charge >= 0.3 is 10.1 Å². The molecule has 2 aliphatic rings. The van der Waals surface area contributed by atoms with Crippen LogP contribution in [-0.2, 0) is 16.5 Å². The van der Waals surface area contributed by atoms with Gasteiger partial charge in [0.15, 0.2) is 0 Å². The third kappa shape index (κ3) is 2.32. The van der Waals surface area contributed by atoms with E-state index in [-0.39, 0.29) is 5.75 Å². The second kappa shape index (κ2) is 4.48. The van der Waals surface area contributed by atoms with Crippen molar-refractivity contribution in [1.82, 2.24) is 9.78 Å². The molecule has 0 amide bonds. The van der Waals surface area contributed by atoms with E-state index in [1.54, 1.807) is 22.9 Å². The van der Waals surface area contributed by atoms with E-state index in [9.17, 15) is 8.42 Å². The van der Waals surface area contributed by atoms with Gasteiger partial charge in [-0.05, 0) is 37.5 Å². The number of aromatic nitrogens is 2. The van der Waals surface area contributed by atoms with E-state index in [4.69, 9.17) is 15.8 Å². The SMILES string of the molecule is O=S1(=O)CCc2c(C3CC3)nn(-c3cccc(Cl)c3)c2O1. The lowest BCUT2D eigenvalue weighted by Gasteiger charge is -2.15. The van der Waals surface area contributed by atoms with E-state index < -0.39 is 10.1 Å². The number of halogens is 1. The predicted molar refractivity (Wildman–Crippen MR) is 78.7 cm³/mol. The fourth-order valence-corrected chi connectivity index (χ4v) is 3.76. The van der Waals surface area contributed by atoms with Crippen LogP contribution in [0.15, 0.2) is 24.3 Å². The second-order valence-corrected chi connectivity index (χ2v) is 7.56. The Morgan fingerprint density at radius 2 is 2.14 bits per heavy atom. The van der Waals surface area contributed by atoms with Crippen molar-refractivity contribution in [1.29, 1.82) is 0 Å². The molecule has 5 nitrogen and oxygen atoms in total. The van der Waals surface area contributed by atoms with Gasteiger partial charge in [0.2, 0.25) is 5.88 Å². The molecule has 0 bridgehead atoms. The van der Waals surface area contributed by atoms with Gasteiger partial charge in [0.1, 0.15) is 0 Å². The molecule has 1 fully saturated rings. The van der Waals surface area contributed by atoms with Crippen LogP contribution in [0.3, 0.4) is 0 Å². The minimum absolute atomic E-state index is 0.0148. The molecule has 7 heteroatoms. The molecule has 0 spiro atoms. The summed E-state index contributed by atoms with van der Waals surface area (Å²) in [6, 6.07) is 7.15. The van der Waals surface area contributed by atoms with Crippen LogP contribution in [-0.4, -0.2) is 24.0 Å². The zero-order valence-corrected chi connectivity index (χ0v) is 12.7. The Labute approximate surface area is 127 Å². The summed E-state index contributed by atoms with van der Waals surface area (Å²) in [5.74, 6) is 0.773. The Kier molecular flexibility index (Phi) is 2.81. The maximum Gasteiger partial charge on any atom is 0.311 e. The molecule has 1 aliphatic carbocycles. The summed E-state index contributed by atoms with van der Waals surface area (Å²) in [5, 5.41) is 5.17. The number of rotatable bonds is 2.